The van der Waals surface area contributed by atoms with Gasteiger partial charge in [0.25, 0.3) is 0 Å². The first-order valence-corrected chi connectivity index (χ1v) is 7.49. The minimum atomic E-state index is 0.122. The lowest BCUT2D eigenvalue weighted by Crippen LogP contribution is -1.93. The molecule has 0 aliphatic heterocycles. The van der Waals surface area contributed by atoms with Crippen LogP contribution in [-0.4, -0.2) is 0 Å². The molecule has 0 spiro atoms. The molecule has 0 fully saturated rings. The van der Waals surface area contributed by atoms with E-state index in [1.165, 1.54) is 14.0 Å². The molecule has 0 amide bonds. The fourth-order valence-electron chi connectivity index (χ4n) is 1.24. The average molecular weight is 355 g/mol. The van der Waals surface area contributed by atoms with Crippen molar-refractivity contribution < 1.29 is 0 Å². The molecular weight excluding hydrogens is 347 g/mol. The first-order chi connectivity index (χ1) is 6.77. The molecule has 4 heteroatoms. The summed E-state index contributed by atoms with van der Waals surface area (Å²) in [5.41, 5.74) is 1.33. The van der Waals surface area contributed by atoms with E-state index < -0.39 is 0 Å². The number of alkyl halides is 1. The van der Waals surface area contributed by atoms with E-state index in [9.17, 15) is 0 Å². The summed E-state index contributed by atoms with van der Waals surface area (Å²) in [4.78, 5) is 1.29. The average Bonchev–Trinajstić information content (AvgIpc) is 2.75. The lowest BCUT2D eigenvalue weighted by molar-refractivity contribution is 0.940. The molecule has 1 unspecified atom stereocenters. The third-order valence-corrected chi connectivity index (χ3v) is 5.50. The van der Waals surface area contributed by atoms with Gasteiger partial charge in [-0.25, -0.2) is 0 Å². The van der Waals surface area contributed by atoms with Crippen LogP contribution in [0, 0.1) is 3.57 Å². The molecule has 0 bridgehead atoms. The van der Waals surface area contributed by atoms with Crippen LogP contribution in [0.5, 0.6) is 0 Å². The van der Waals surface area contributed by atoms with Crippen LogP contribution in [0.4, 0.5) is 0 Å². The van der Waals surface area contributed by atoms with Gasteiger partial charge in [0, 0.05) is 8.45 Å². The number of halogens is 2. The molecule has 0 radical (unpaired) electrons. The van der Waals surface area contributed by atoms with Gasteiger partial charge in [-0.2, -0.15) is 11.3 Å². The highest BCUT2D eigenvalue weighted by molar-refractivity contribution is 14.1. The van der Waals surface area contributed by atoms with E-state index in [-0.39, 0.29) is 5.38 Å². The van der Waals surface area contributed by atoms with Crippen molar-refractivity contribution in [3.63, 3.8) is 0 Å². The van der Waals surface area contributed by atoms with Gasteiger partial charge in [0.1, 0.15) is 0 Å². The second-order valence-corrected chi connectivity index (χ2v) is 6.35. The summed E-state index contributed by atoms with van der Waals surface area (Å²) in [5.74, 6) is 0. The lowest BCUT2D eigenvalue weighted by Gasteiger charge is -2.06. The van der Waals surface area contributed by atoms with Crippen molar-refractivity contribution >= 4 is 56.9 Å². The molecule has 2 aromatic rings. The Balaban J connectivity index is 2.10. The maximum absolute atomic E-state index is 6.35. The molecule has 0 N–H and O–H groups in total. The molecule has 0 aliphatic rings. The van der Waals surface area contributed by atoms with Crippen LogP contribution in [0.1, 0.15) is 15.8 Å². The maximum Gasteiger partial charge on any atom is 0.0729 e. The minimum Gasteiger partial charge on any atom is -0.152 e. The molecule has 74 valence electrons. The van der Waals surface area contributed by atoms with Crippen molar-refractivity contribution in [3.05, 3.63) is 42.3 Å². The van der Waals surface area contributed by atoms with E-state index in [4.69, 9.17) is 11.6 Å². The summed E-state index contributed by atoms with van der Waals surface area (Å²) >= 11 is 12.2. The van der Waals surface area contributed by atoms with Gasteiger partial charge in [-0.1, -0.05) is 0 Å². The van der Waals surface area contributed by atoms with Crippen LogP contribution < -0.4 is 0 Å². The Labute approximate surface area is 110 Å². The minimum absolute atomic E-state index is 0.122. The van der Waals surface area contributed by atoms with E-state index in [1.54, 1.807) is 22.7 Å². The predicted molar refractivity (Wildman–Crippen MR) is 73.7 cm³/mol. The summed E-state index contributed by atoms with van der Waals surface area (Å²) in [6.45, 7) is 0. The SMILES string of the molecule is ClC(Cc1ccsc1)c1sccc1I. The summed E-state index contributed by atoms with van der Waals surface area (Å²) in [7, 11) is 0. The van der Waals surface area contributed by atoms with Gasteiger partial charge >= 0.3 is 0 Å². The van der Waals surface area contributed by atoms with Crippen molar-refractivity contribution in [2.75, 3.05) is 0 Å². The zero-order chi connectivity index (χ0) is 9.97. The number of rotatable bonds is 3. The Morgan fingerprint density at radius 2 is 2.21 bits per heavy atom. The standard InChI is InChI=1S/C10H8ClIS2/c11-8(5-7-1-3-13-6-7)10-9(12)2-4-14-10/h1-4,6,8H,5H2. The van der Waals surface area contributed by atoms with Crippen molar-refractivity contribution in [1.82, 2.24) is 0 Å². The van der Waals surface area contributed by atoms with Crippen LogP contribution in [0.15, 0.2) is 28.3 Å². The number of hydrogen-bond acceptors (Lipinski definition) is 2. The smallest absolute Gasteiger partial charge is 0.0729 e. The number of hydrogen-bond donors (Lipinski definition) is 0. The summed E-state index contributed by atoms with van der Waals surface area (Å²) in [5, 5.41) is 6.48. The quantitative estimate of drug-likeness (QED) is 0.541. The molecule has 2 heterocycles. The lowest BCUT2D eigenvalue weighted by atomic mass is 10.2. The molecule has 0 aliphatic carbocycles. The summed E-state index contributed by atoms with van der Waals surface area (Å²) < 4.78 is 1.28. The van der Waals surface area contributed by atoms with Gasteiger partial charge < -0.3 is 0 Å². The highest BCUT2D eigenvalue weighted by atomic mass is 127. The molecule has 14 heavy (non-hydrogen) atoms. The first-order valence-electron chi connectivity index (χ1n) is 4.15. The zero-order valence-corrected chi connectivity index (χ0v) is 11.8. The van der Waals surface area contributed by atoms with Gasteiger partial charge in [-0.05, 0) is 62.8 Å². The third kappa shape index (κ3) is 2.51. The fraction of sp³-hybridized carbons (Fsp3) is 0.200. The van der Waals surface area contributed by atoms with Crippen LogP contribution in [-0.2, 0) is 6.42 Å². The third-order valence-electron chi connectivity index (χ3n) is 1.92. The Morgan fingerprint density at radius 3 is 2.79 bits per heavy atom. The van der Waals surface area contributed by atoms with E-state index in [1.807, 2.05) is 0 Å². The Morgan fingerprint density at radius 1 is 1.36 bits per heavy atom. The van der Waals surface area contributed by atoms with Crippen LogP contribution >= 0.6 is 56.9 Å². The topological polar surface area (TPSA) is 0 Å². The fourth-order valence-corrected chi connectivity index (χ4v) is 4.50. The van der Waals surface area contributed by atoms with E-state index >= 15 is 0 Å². The summed E-state index contributed by atoms with van der Waals surface area (Å²) in [6, 6.07) is 4.25. The Kier molecular flexibility index (Phi) is 3.87. The highest BCUT2D eigenvalue weighted by Gasteiger charge is 2.13. The monoisotopic (exact) mass is 354 g/mol. The molecule has 0 saturated carbocycles. The Hall–Kier alpha value is 0.420. The van der Waals surface area contributed by atoms with Crippen molar-refractivity contribution in [1.29, 1.82) is 0 Å². The van der Waals surface area contributed by atoms with Crippen molar-refractivity contribution in [2.24, 2.45) is 0 Å². The second kappa shape index (κ2) is 4.96. The largest absolute Gasteiger partial charge is 0.152 e. The van der Waals surface area contributed by atoms with Crippen LogP contribution in [0.3, 0.4) is 0 Å². The molecule has 2 rings (SSSR count). The predicted octanol–water partition coefficient (Wildman–Crippen LogP) is 4.94. The highest BCUT2D eigenvalue weighted by Crippen LogP contribution is 2.33. The van der Waals surface area contributed by atoms with E-state index in [0.29, 0.717) is 0 Å². The zero-order valence-electron chi connectivity index (χ0n) is 7.24. The van der Waals surface area contributed by atoms with Gasteiger partial charge in [-0.3, -0.25) is 0 Å². The van der Waals surface area contributed by atoms with Crippen LogP contribution in [0.2, 0.25) is 0 Å². The van der Waals surface area contributed by atoms with E-state index in [2.05, 4.69) is 50.9 Å². The molecule has 1 atom stereocenters. The molecular formula is C10H8ClIS2. The normalized spacial score (nSPS) is 13.0. The van der Waals surface area contributed by atoms with Gasteiger partial charge in [-0.15, -0.1) is 22.9 Å². The maximum atomic E-state index is 6.35. The van der Waals surface area contributed by atoms with Crippen molar-refractivity contribution in [3.8, 4) is 0 Å². The van der Waals surface area contributed by atoms with Gasteiger partial charge in [0.2, 0.25) is 0 Å². The van der Waals surface area contributed by atoms with Crippen LogP contribution in [0.25, 0.3) is 0 Å². The van der Waals surface area contributed by atoms with Crippen molar-refractivity contribution in [2.45, 2.75) is 11.8 Å². The molecule has 0 saturated heterocycles. The molecule has 0 nitrogen and oxygen atoms in total. The first kappa shape index (κ1) is 10.9. The second-order valence-electron chi connectivity index (χ2n) is 2.94. The molecule has 2 aromatic heterocycles. The molecule has 0 aromatic carbocycles. The van der Waals surface area contributed by atoms with E-state index in [0.717, 1.165) is 6.42 Å². The number of thiophene rings is 2. The Bertz CT molecular complexity index is 394. The van der Waals surface area contributed by atoms with Gasteiger partial charge in [0.05, 0.1) is 5.38 Å². The van der Waals surface area contributed by atoms with Gasteiger partial charge in [0.15, 0.2) is 0 Å². The summed E-state index contributed by atoms with van der Waals surface area (Å²) in [6.07, 6.45) is 0.932.